The van der Waals surface area contributed by atoms with Crippen LogP contribution in [0, 0.1) is 11.3 Å². The number of fused-ring (bicyclic) bond motifs is 1. The van der Waals surface area contributed by atoms with Gasteiger partial charge in [-0.25, -0.2) is 0 Å². The summed E-state index contributed by atoms with van der Waals surface area (Å²) in [6.07, 6.45) is 2.64. The lowest BCUT2D eigenvalue weighted by atomic mass is 10.1. The molecule has 0 radical (unpaired) electrons. The average Bonchev–Trinajstić information content (AvgIpc) is 2.86. The highest BCUT2D eigenvalue weighted by molar-refractivity contribution is 7.16. The topological polar surface area (TPSA) is 90.2 Å². The molecular weight excluding hydrogens is 252 g/mol. The second kappa shape index (κ2) is 5.19. The third-order valence-electron chi connectivity index (χ3n) is 2.85. The van der Waals surface area contributed by atoms with Gasteiger partial charge in [-0.15, -0.1) is 11.3 Å². The smallest absolute Gasteiger partial charge is 0.303 e. The van der Waals surface area contributed by atoms with E-state index in [9.17, 15) is 9.59 Å². The molecule has 0 spiro atoms. The van der Waals surface area contributed by atoms with Gasteiger partial charge in [-0.1, -0.05) is 0 Å². The van der Waals surface area contributed by atoms with Gasteiger partial charge in [0.15, 0.2) is 0 Å². The van der Waals surface area contributed by atoms with Crippen molar-refractivity contribution < 1.29 is 14.7 Å². The number of aliphatic carboxylic acids is 1. The first kappa shape index (κ1) is 12.6. The number of hydrogen-bond acceptors (Lipinski definition) is 4. The number of thiophene rings is 1. The van der Waals surface area contributed by atoms with Crippen LogP contribution < -0.4 is 5.32 Å². The molecule has 0 unspecified atom stereocenters. The van der Waals surface area contributed by atoms with E-state index in [1.54, 1.807) is 0 Å². The molecule has 1 aliphatic rings. The molecule has 5 nitrogen and oxygen atoms in total. The van der Waals surface area contributed by atoms with Gasteiger partial charge in [0.1, 0.15) is 11.1 Å². The summed E-state index contributed by atoms with van der Waals surface area (Å²) in [5.74, 6) is -1.35. The van der Waals surface area contributed by atoms with Crippen molar-refractivity contribution in [2.24, 2.45) is 0 Å². The number of nitrogens with one attached hydrogen (secondary N) is 1. The first-order valence-corrected chi connectivity index (χ1v) is 6.49. The van der Waals surface area contributed by atoms with Crippen LogP contribution in [0.15, 0.2) is 0 Å². The van der Waals surface area contributed by atoms with E-state index in [0.717, 1.165) is 24.8 Å². The van der Waals surface area contributed by atoms with E-state index in [4.69, 9.17) is 10.4 Å². The van der Waals surface area contributed by atoms with E-state index in [0.29, 0.717) is 10.6 Å². The normalized spacial score (nSPS) is 12.8. The zero-order valence-electron chi connectivity index (χ0n) is 9.65. The number of carbonyl (C=O) groups excluding carboxylic acids is 1. The standard InChI is InChI=1S/C12H12N2O3S/c13-6-8-7-2-1-3-9(7)18-12(8)14-10(15)4-5-11(16)17/h1-5H2,(H,14,15)(H,16,17). The van der Waals surface area contributed by atoms with Crippen LogP contribution in [-0.4, -0.2) is 17.0 Å². The van der Waals surface area contributed by atoms with Gasteiger partial charge in [0.2, 0.25) is 5.91 Å². The SMILES string of the molecule is N#Cc1c(NC(=O)CCC(=O)O)sc2c1CCC2. The number of carboxylic acids is 1. The zero-order chi connectivity index (χ0) is 13.1. The van der Waals surface area contributed by atoms with Gasteiger partial charge >= 0.3 is 5.97 Å². The number of hydrogen-bond donors (Lipinski definition) is 2. The number of amides is 1. The van der Waals surface area contributed by atoms with Crippen molar-refractivity contribution in [2.75, 3.05) is 5.32 Å². The fourth-order valence-electron chi connectivity index (χ4n) is 2.02. The summed E-state index contributed by atoms with van der Waals surface area (Å²) < 4.78 is 0. The highest BCUT2D eigenvalue weighted by Gasteiger charge is 2.23. The van der Waals surface area contributed by atoms with E-state index < -0.39 is 5.97 Å². The Bertz CT molecular complexity index is 542. The van der Waals surface area contributed by atoms with Crippen LogP contribution in [0.3, 0.4) is 0 Å². The van der Waals surface area contributed by atoms with Crippen LogP contribution in [0.1, 0.15) is 35.3 Å². The molecule has 0 atom stereocenters. The van der Waals surface area contributed by atoms with Gasteiger partial charge < -0.3 is 10.4 Å². The molecule has 1 aliphatic carbocycles. The van der Waals surface area contributed by atoms with Crippen molar-refractivity contribution in [3.8, 4) is 6.07 Å². The van der Waals surface area contributed by atoms with E-state index in [1.807, 2.05) is 0 Å². The monoisotopic (exact) mass is 264 g/mol. The Hall–Kier alpha value is -1.87. The fraction of sp³-hybridized carbons (Fsp3) is 0.417. The molecule has 0 bridgehead atoms. The second-order valence-corrected chi connectivity index (χ2v) is 5.22. The molecule has 0 aliphatic heterocycles. The minimum Gasteiger partial charge on any atom is -0.481 e. The highest BCUT2D eigenvalue weighted by atomic mass is 32.1. The minimum atomic E-state index is -1.00. The summed E-state index contributed by atoms with van der Waals surface area (Å²) in [5, 5.41) is 20.8. The highest BCUT2D eigenvalue weighted by Crippen LogP contribution is 2.38. The minimum absolute atomic E-state index is 0.0667. The number of carboxylic acid groups (broad SMARTS) is 1. The van der Waals surface area contributed by atoms with Gasteiger partial charge in [-0.2, -0.15) is 5.26 Å². The Morgan fingerprint density at radius 3 is 2.83 bits per heavy atom. The van der Waals surface area contributed by atoms with Crippen LogP contribution in [0.25, 0.3) is 0 Å². The van der Waals surface area contributed by atoms with Crippen LogP contribution in [-0.2, 0) is 22.4 Å². The molecule has 1 aromatic heterocycles. The maximum absolute atomic E-state index is 11.5. The van der Waals surface area contributed by atoms with E-state index in [-0.39, 0.29) is 18.7 Å². The number of nitrogens with zero attached hydrogens (tertiary/aromatic N) is 1. The number of nitriles is 1. The lowest BCUT2D eigenvalue weighted by Gasteiger charge is -2.02. The molecule has 0 saturated heterocycles. The predicted molar refractivity (Wildman–Crippen MR) is 66.6 cm³/mol. The van der Waals surface area contributed by atoms with Crippen molar-refractivity contribution in [3.63, 3.8) is 0 Å². The summed E-state index contributed by atoms with van der Waals surface area (Å²) in [7, 11) is 0. The van der Waals surface area contributed by atoms with Crippen LogP contribution in [0.2, 0.25) is 0 Å². The molecule has 6 heteroatoms. The van der Waals surface area contributed by atoms with E-state index in [1.165, 1.54) is 16.2 Å². The van der Waals surface area contributed by atoms with Gasteiger partial charge in [0.05, 0.1) is 12.0 Å². The maximum Gasteiger partial charge on any atom is 0.303 e. The molecular formula is C12H12N2O3S. The summed E-state index contributed by atoms with van der Waals surface area (Å²) in [5.41, 5.74) is 1.60. The summed E-state index contributed by atoms with van der Waals surface area (Å²) in [4.78, 5) is 23.1. The Labute approximate surface area is 108 Å². The van der Waals surface area contributed by atoms with Crippen molar-refractivity contribution >= 4 is 28.2 Å². The van der Waals surface area contributed by atoms with Crippen LogP contribution in [0.4, 0.5) is 5.00 Å². The van der Waals surface area contributed by atoms with Crippen molar-refractivity contribution in [3.05, 3.63) is 16.0 Å². The Morgan fingerprint density at radius 2 is 2.17 bits per heavy atom. The Morgan fingerprint density at radius 1 is 1.39 bits per heavy atom. The van der Waals surface area contributed by atoms with Gasteiger partial charge in [-0.3, -0.25) is 9.59 Å². The molecule has 0 aromatic carbocycles. The number of aryl methyl sites for hydroxylation is 1. The summed E-state index contributed by atoms with van der Waals surface area (Å²) in [6.45, 7) is 0. The molecule has 1 amide bonds. The fourth-order valence-corrected chi connectivity index (χ4v) is 3.28. The number of rotatable bonds is 4. The Balaban J connectivity index is 2.08. The first-order valence-electron chi connectivity index (χ1n) is 5.68. The van der Waals surface area contributed by atoms with Crippen LogP contribution in [0.5, 0.6) is 0 Å². The van der Waals surface area contributed by atoms with Gasteiger partial charge in [-0.05, 0) is 24.8 Å². The van der Waals surface area contributed by atoms with Gasteiger partial charge in [0, 0.05) is 11.3 Å². The predicted octanol–water partition coefficient (Wildman–Crippen LogP) is 1.91. The van der Waals surface area contributed by atoms with Crippen molar-refractivity contribution in [1.82, 2.24) is 0 Å². The molecule has 1 heterocycles. The first-order chi connectivity index (χ1) is 8.61. The van der Waals surface area contributed by atoms with E-state index >= 15 is 0 Å². The second-order valence-electron chi connectivity index (χ2n) is 4.12. The van der Waals surface area contributed by atoms with Gasteiger partial charge in [0.25, 0.3) is 0 Å². The third-order valence-corrected chi connectivity index (χ3v) is 4.06. The Kier molecular flexibility index (Phi) is 3.63. The average molecular weight is 264 g/mol. The van der Waals surface area contributed by atoms with E-state index in [2.05, 4.69) is 11.4 Å². The molecule has 2 N–H and O–H groups in total. The molecule has 18 heavy (non-hydrogen) atoms. The van der Waals surface area contributed by atoms with Crippen molar-refractivity contribution in [1.29, 1.82) is 5.26 Å². The molecule has 0 fully saturated rings. The molecule has 1 aromatic rings. The third kappa shape index (κ3) is 2.51. The number of anilines is 1. The summed E-state index contributed by atoms with van der Waals surface area (Å²) >= 11 is 1.43. The zero-order valence-corrected chi connectivity index (χ0v) is 10.5. The molecule has 0 saturated carbocycles. The quantitative estimate of drug-likeness (QED) is 0.869. The maximum atomic E-state index is 11.5. The van der Waals surface area contributed by atoms with Crippen molar-refractivity contribution in [2.45, 2.75) is 32.1 Å². The molecule has 2 rings (SSSR count). The largest absolute Gasteiger partial charge is 0.481 e. The van der Waals surface area contributed by atoms with Crippen LogP contribution >= 0.6 is 11.3 Å². The lowest BCUT2D eigenvalue weighted by molar-refractivity contribution is -0.138. The molecule has 94 valence electrons. The lowest BCUT2D eigenvalue weighted by Crippen LogP contribution is -2.13. The summed E-state index contributed by atoms with van der Waals surface area (Å²) in [6, 6.07) is 2.13. The number of carbonyl (C=O) groups is 2.